The fourth-order valence-electron chi connectivity index (χ4n) is 5.09. The topological polar surface area (TPSA) is 150 Å². The number of nitrogens with zero attached hydrogens (tertiary/aromatic N) is 5. The maximum absolute atomic E-state index is 16.4. The van der Waals surface area contributed by atoms with Gasteiger partial charge in [-0.2, -0.15) is 5.09 Å². The summed E-state index contributed by atoms with van der Waals surface area (Å²) in [4.78, 5) is 27.5. The lowest BCUT2D eigenvalue weighted by Gasteiger charge is -2.25. The van der Waals surface area contributed by atoms with Crippen LogP contribution in [0.25, 0.3) is 21.9 Å². The SMILES string of the molecule is C#C[C@@]1(F)[C@H](O)[C@@H](CO[P@@](=O)(N[C@@H](C)C(=O)OC(C)C)Oc2cccc3ccccc23)O[C@H]1n1cnc2c(N(C)C)nc(C)nc21. The molecule has 13 nitrogen and oxygen atoms in total. The van der Waals surface area contributed by atoms with E-state index in [0.717, 1.165) is 5.39 Å². The zero-order valence-corrected chi connectivity index (χ0v) is 27.1. The minimum absolute atomic E-state index is 0.198. The molecule has 2 aromatic heterocycles. The lowest BCUT2D eigenvalue weighted by atomic mass is 9.97. The molecule has 0 spiro atoms. The minimum atomic E-state index is -4.43. The van der Waals surface area contributed by atoms with Gasteiger partial charge in [0.1, 0.15) is 29.8 Å². The molecule has 6 atom stereocenters. The minimum Gasteiger partial charge on any atom is -0.462 e. The highest BCUT2D eigenvalue weighted by molar-refractivity contribution is 7.52. The fourth-order valence-corrected chi connectivity index (χ4v) is 6.61. The third kappa shape index (κ3) is 6.42. The summed E-state index contributed by atoms with van der Waals surface area (Å²) in [5.41, 5.74) is -2.16. The molecule has 0 radical (unpaired) electrons. The van der Waals surface area contributed by atoms with Crippen LogP contribution >= 0.6 is 7.75 Å². The van der Waals surface area contributed by atoms with Crippen molar-refractivity contribution in [2.75, 3.05) is 25.6 Å². The number of anilines is 1. The second-order valence-electron chi connectivity index (χ2n) is 11.4. The summed E-state index contributed by atoms with van der Waals surface area (Å²) in [6.45, 7) is 5.82. The molecule has 46 heavy (non-hydrogen) atoms. The molecule has 0 saturated carbocycles. The Hall–Kier alpha value is -4.12. The number of ether oxygens (including phenoxy) is 2. The summed E-state index contributed by atoms with van der Waals surface area (Å²) in [6.07, 6.45) is 1.56. The molecular formula is C31H36FN6O7P. The number of alkyl halides is 1. The van der Waals surface area contributed by atoms with Crippen molar-refractivity contribution in [3.8, 4) is 18.1 Å². The Balaban J connectivity index is 1.45. The summed E-state index contributed by atoms with van der Waals surface area (Å²) < 4.78 is 54.9. The highest BCUT2D eigenvalue weighted by atomic mass is 31.2. The number of carbonyl (C=O) groups excluding carboxylic acids is 1. The first kappa shape index (κ1) is 33.2. The van der Waals surface area contributed by atoms with Crippen LogP contribution in [0.5, 0.6) is 5.75 Å². The molecule has 1 saturated heterocycles. The van der Waals surface area contributed by atoms with Crippen molar-refractivity contribution in [2.24, 2.45) is 0 Å². The van der Waals surface area contributed by atoms with E-state index in [4.69, 9.17) is 24.9 Å². The smallest absolute Gasteiger partial charge is 0.459 e. The molecule has 2 N–H and O–H groups in total. The number of aliphatic hydroxyl groups is 1. The molecule has 15 heteroatoms. The summed E-state index contributed by atoms with van der Waals surface area (Å²) in [7, 11) is -0.876. The molecule has 244 valence electrons. The number of carbonyl (C=O) groups is 1. The van der Waals surface area contributed by atoms with Crippen LogP contribution in [0.2, 0.25) is 0 Å². The molecule has 4 aromatic rings. The highest BCUT2D eigenvalue weighted by Gasteiger charge is 2.58. The van der Waals surface area contributed by atoms with Crippen molar-refractivity contribution in [1.82, 2.24) is 24.6 Å². The first-order valence-electron chi connectivity index (χ1n) is 14.5. The van der Waals surface area contributed by atoms with Crippen LogP contribution in [0, 0.1) is 19.3 Å². The molecule has 0 bridgehead atoms. The predicted octanol–water partition coefficient (Wildman–Crippen LogP) is 4.09. The van der Waals surface area contributed by atoms with Crippen LogP contribution < -0.4 is 14.5 Å². The van der Waals surface area contributed by atoms with Crippen LogP contribution in [0.3, 0.4) is 0 Å². The van der Waals surface area contributed by atoms with Crippen molar-refractivity contribution >= 4 is 41.5 Å². The number of aliphatic hydroxyl groups excluding tert-OH is 1. The van der Waals surface area contributed by atoms with E-state index in [1.54, 1.807) is 64.0 Å². The van der Waals surface area contributed by atoms with E-state index in [9.17, 15) is 14.5 Å². The van der Waals surface area contributed by atoms with Gasteiger partial charge in [-0.25, -0.2) is 23.9 Å². The second-order valence-corrected chi connectivity index (χ2v) is 13.1. The standard InChI is InChI=1S/C31H36FN6O7P/c1-8-31(32)26(39)24(44-30(31)38-17-33-25-27(37(6)7)34-20(5)35-28(25)38)16-42-46(41,36-19(4)29(40)43-18(2)3)45-23-15-11-13-21-12-9-10-14-22(21)23/h1,9-15,17-19,24,26,30,39H,16H2,2-7H3,(H,36,41)/t19-,24+,26+,30+,31+,46-/m0/s1. The lowest BCUT2D eigenvalue weighted by Crippen LogP contribution is -2.42. The van der Waals surface area contributed by atoms with Gasteiger partial charge >= 0.3 is 13.7 Å². The van der Waals surface area contributed by atoms with Crippen LogP contribution in [0.15, 0.2) is 48.8 Å². The molecule has 2 aromatic carbocycles. The van der Waals surface area contributed by atoms with Crippen LogP contribution in [0.4, 0.5) is 10.2 Å². The van der Waals surface area contributed by atoms with E-state index >= 15 is 4.39 Å². The van der Waals surface area contributed by atoms with Crippen molar-refractivity contribution in [1.29, 1.82) is 0 Å². The molecule has 0 unspecified atom stereocenters. The van der Waals surface area contributed by atoms with Gasteiger partial charge in [0, 0.05) is 19.5 Å². The van der Waals surface area contributed by atoms with Crippen LogP contribution in [-0.4, -0.2) is 81.3 Å². The number of aromatic nitrogens is 4. The Labute approximate surface area is 265 Å². The quantitative estimate of drug-likeness (QED) is 0.136. The number of hydrogen-bond donors (Lipinski definition) is 2. The summed E-state index contributed by atoms with van der Waals surface area (Å²) in [5.74, 6) is 2.41. The second kappa shape index (κ2) is 12.9. The molecule has 1 fully saturated rings. The molecule has 0 aliphatic carbocycles. The third-order valence-corrected chi connectivity index (χ3v) is 8.92. The van der Waals surface area contributed by atoms with E-state index in [1.165, 1.54) is 17.8 Å². The van der Waals surface area contributed by atoms with E-state index in [1.807, 2.05) is 24.1 Å². The normalized spacial score (nSPS) is 23.3. The number of imidazole rings is 1. The number of fused-ring (bicyclic) bond motifs is 2. The number of nitrogens with one attached hydrogen (secondary N) is 1. The highest BCUT2D eigenvalue weighted by Crippen LogP contribution is 2.49. The number of hydrogen-bond acceptors (Lipinski definition) is 11. The Kier molecular flexibility index (Phi) is 9.35. The predicted molar refractivity (Wildman–Crippen MR) is 169 cm³/mol. The number of esters is 1. The van der Waals surface area contributed by atoms with Gasteiger partial charge in [-0.1, -0.05) is 42.3 Å². The maximum Gasteiger partial charge on any atom is 0.459 e. The first-order chi connectivity index (χ1) is 21.8. The van der Waals surface area contributed by atoms with Gasteiger partial charge in [0.25, 0.3) is 0 Å². The van der Waals surface area contributed by atoms with Crippen molar-refractivity contribution < 1.29 is 37.4 Å². The van der Waals surface area contributed by atoms with E-state index in [-0.39, 0.29) is 11.4 Å². The average molecular weight is 655 g/mol. The van der Waals surface area contributed by atoms with E-state index in [0.29, 0.717) is 22.5 Å². The average Bonchev–Trinajstić information content (AvgIpc) is 3.53. The molecule has 0 amide bonds. The fraction of sp³-hybridized carbons (Fsp3) is 0.419. The van der Waals surface area contributed by atoms with Gasteiger partial charge in [-0.3, -0.25) is 13.9 Å². The number of halogens is 1. The Bertz CT molecular complexity index is 1840. The summed E-state index contributed by atoms with van der Waals surface area (Å²) >= 11 is 0. The van der Waals surface area contributed by atoms with Gasteiger partial charge in [-0.05, 0) is 39.1 Å². The van der Waals surface area contributed by atoms with E-state index in [2.05, 4.69) is 20.0 Å². The van der Waals surface area contributed by atoms with Gasteiger partial charge in [0.15, 0.2) is 23.2 Å². The van der Waals surface area contributed by atoms with Gasteiger partial charge < -0.3 is 24.0 Å². The maximum atomic E-state index is 16.4. The van der Waals surface area contributed by atoms with Crippen molar-refractivity contribution in [2.45, 2.75) is 63.9 Å². The van der Waals surface area contributed by atoms with Gasteiger partial charge in [0.05, 0.1) is 19.0 Å². The lowest BCUT2D eigenvalue weighted by molar-refractivity contribution is -0.149. The van der Waals surface area contributed by atoms with Crippen molar-refractivity contribution in [3.63, 3.8) is 0 Å². The largest absolute Gasteiger partial charge is 0.462 e. The zero-order valence-electron chi connectivity index (χ0n) is 26.2. The van der Waals surface area contributed by atoms with Gasteiger partial charge in [-0.15, -0.1) is 6.42 Å². The summed E-state index contributed by atoms with van der Waals surface area (Å²) in [6, 6.07) is 11.3. The number of aryl methyl sites for hydroxylation is 1. The van der Waals surface area contributed by atoms with Crippen LogP contribution in [0.1, 0.15) is 32.8 Å². The molecule has 1 aliphatic rings. The van der Waals surface area contributed by atoms with Crippen LogP contribution in [-0.2, 0) is 23.4 Å². The zero-order chi connectivity index (χ0) is 33.4. The molecular weight excluding hydrogens is 618 g/mol. The number of benzene rings is 2. The van der Waals surface area contributed by atoms with Crippen molar-refractivity contribution in [3.05, 3.63) is 54.6 Å². The third-order valence-electron chi connectivity index (χ3n) is 7.29. The number of terminal acetylenes is 1. The molecule has 5 rings (SSSR count). The molecule has 1 aliphatic heterocycles. The summed E-state index contributed by atoms with van der Waals surface area (Å²) in [5, 5.41) is 15.2. The van der Waals surface area contributed by atoms with Gasteiger partial charge in [0.2, 0.25) is 5.67 Å². The monoisotopic (exact) mass is 654 g/mol. The number of rotatable bonds is 11. The Morgan fingerprint density at radius 2 is 1.96 bits per heavy atom. The molecule has 3 heterocycles. The first-order valence-corrected chi connectivity index (χ1v) is 16.1. The Morgan fingerprint density at radius 1 is 1.24 bits per heavy atom. The Morgan fingerprint density at radius 3 is 2.65 bits per heavy atom. The van der Waals surface area contributed by atoms with E-state index < -0.39 is 56.6 Å².